The Labute approximate surface area is 110 Å². The van der Waals surface area contributed by atoms with Gasteiger partial charge in [0.2, 0.25) is 11.8 Å². The summed E-state index contributed by atoms with van der Waals surface area (Å²) < 4.78 is 5.62. The van der Waals surface area contributed by atoms with E-state index in [9.17, 15) is 9.59 Å². The van der Waals surface area contributed by atoms with Crippen molar-refractivity contribution in [1.82, 2.24) is 0 Å². The van der Waals surface area contributed by atoms with E-state index in [1.165, 1.54) is 4.90 Å². The van der Waals surface area contributed by atoms with Gasteiger partial charge in [0.25, 0.3) is 0 Å². The lowest BCUT2D eigenvalue weighted by Gasteiger charge is -2.19. The number of rotatable bonds is 1. The van der Waals surface area contributed by atoms with E-state index in [0.29, 0.717) is 5.69 Å². The summed E-state index contributed by atoms with van der Waals surface area (Å²) in [4.78, 5) is 26.4. The molecule has 0 N–H and O–H groups in total. The minimum Gasteiger partial charge on any atom is -0.365 e. The molecule has 4 nitrogen and oxygen atoms in total. The van der Waals surface area contributed by atoms with Crippen LogP contribution in [0.2, 0.25) is 0 Å². The highest BCUT2D eigenvalue weighted by atomic mass is 16.5. The van der Waals surface area contributed by atoms with E-state index in [1.54, 1.807) is 0 Å². The molecule has 4 heteroatoms. The number of amides is 2. The Hall–Kier alpha value is -1.94. The summed E-state index contributed by atoms with van der Waals surface area (Å²) in [6, 6.07) is 7.48. The number of para-hydroxylation sites is 1. The lowest BCUT2D eigenvalue weighted by Crippen LogP contribution is -2.34. The third-order valence-electron chi connectivity index (χ3n) is 4.27. The molecule has 0 radical (unpaired) electrons. The first-order chi connectivity index (χ1) is 9.18. The molecule has 3 aliphatic heterocycles. The molecule has 2 unspecified atom stereocenters. The predicted molar refractivity (Wildman–Crippen MR) is 68.5 cm³/mol. The van der Waals surface area contributed by atoms with Crippen molar-refractivity contribution in [3.05, 3.63) is 42.0 Å². The maximum absolute atomic E-state index is 12.5. The predicted octanol–water partition coefficient (Wildman–Crippen LogP) is 1.44. The SMILES string of the molecule is Cc1ccccc1N1C(=O)C2C(C1=O)[C@H]1C=C[C@@H]2O1. The molecule has 2 bridgehead atoms. The van der Waals surface area contributed by atoms with Crippen LogP contribution in [0.5, 0.6) is 0 Å². The second kappa shape index (κ2) is 3.54. The summed E-state index contributed by atoms with van der Waals surface area (Å²) in [5.41, 5.74) is 1.64. The molecule has 4 atom stereocenters. The van der Waals surface area contributed by atoms with Crippen molar-refractivity contribution in [2.45, 2.75) is 19.1 Å². The lowest BCUT2D eigenvalue weighted by molar-refractivity contribution is -0.124. The number of anilines is 1. The van der Waals surface area contributed by atoms with Gasteiger partial charge in [0.1, 0.15) is 0 Å². The third-order valence-corrected chi connectivity index (χ3v) is 4.27. The van der Waals surface area contributed by atoms with Gasteiger partial charge in [-0.25, -0.2) is 4.90 Å². The summed E-state index contributed by atoms with van der Waals surface area (Å²) in [6.07, 6.45) is 3.36. The quantitative estimate of drug-likeness (QED) is 0.563. The summed E-state index contributed by atoms with van der Waals surface area (Å²) >= 11 is 0. The Morgan fingerprint density at radius 1 is 1.00 bits per heavy atom. The Bertz CT molecular complexity index is 592. The van der Waals surface area contributed by atoms with Gasteiger partial charge in [0.15, 0.2) is 0 Å². The summed E-state index contributed by atoms with van der Waals surface area (Å²) in [6.45, 7) is 1.91. The standard InChI is InChI=1S/C15H13NO3/c1-8-4-2-3-5-9(8)16-14(17)12-10-6-7-11(19-10)13(12)15(16)18/h2-7,10-13H,1H3/t10-,11+,12?,13?. The number of nitrogens with zero attached hydrogens (tertiary/aromatic N) is 1. The van der Waals surface area contributed by atoms with Gasteiger partial charge in [-0.2, -0.15) is 0 Å². The molecule has 0 aliphatic carbocycles. The van der Waals surface area contributed by atoms with Crippen LogP contribution in [0.25, 0.3) is 0 Å². The van der Waals surface area contributed by atoms with Gasteiger partial charge < -0.3 is 4.74 Å². The summed E-state index contributed by atoms with van der Waals surface area (Å²) in [5.74, 6) is -0.911. The second-order valence-electron chi connectivity index (χ2n) is 5.30. The number of imide groups is 1. The topological polar surface area (TPSA) is 46.6 Å². The van der Waals surface area contributed by atoms with E-state index in [-0.39, 0.29) is 35.9 Å². The summed E-state index contributed by atoms with van der Waals surface area (Å²) in [5, 5.41) is 0. The first kappa shape index (κ1) is 10.9. The van der Waals surface area contributed by atoms with Crippen LogP contribution in [-0.4, -0.2) is 24.0 Å². The average Bonchev–Trinajstić information content (AvgIpc) is 3.06. The molecule has 2 saturated heterocycles. The number of hydrogen-bond donors (Lipinski definition) is 0. The van der Waals surface area contributed by atoms with Gasteiger partial charge in [-0.3, -0.25) is 9.59 Å². The molecule has 1 aromatic rings. The Balaban J connectivity index is 1.79. The van der Waals surface area contributed by atoms with Crippen molar-refractivity contribution >= 4 is 17.5 Å². The fourth-order valence-corrected chi connectivity index (χ4v) is 3.36. The van der Waals surface area contributed by atoms with Crippen molar-refractivity contribution in [3.63, 3.8) is 0 Å². The van der Waals surface area contributed by atoms with E-state index in [1.807, 2.05) is 43.3 Å². The average molecular weight is 255 g/mol. The van der Waals surface area contributed by atoms with Crippen LogP contribution in [0.15, 0.2) is 36.4 Å². The molecule has 2 amide bonds. The molecule has 19 heavy (non-hydrogen) atoms. The van der Waals surface area contributed by atoms with E-state index in [0.717, 1.165) is 5.56 Å². The molecule has 2 fully saturated rings. The third kappa shape index (κ3) is 1.27. The first-order valence-electron chi connectivity index (χ1n) is 6.46. The zero-order valence-electron chi connectivity index (χ0n) is 10.4. The van der Waals surface area contributed by atoms with Gasteiger partial charge in [0, 0.05) is 0 Å². The van der Waals surface area contributed by atoms with Gasteiger partial charge in [-0.15, -0.1) is 0 Å². The number of ether oxygens (including phenoxy) is 1. The molecule has 0 saturated carbocycles. The van der Waals surface area contributed by atoms with Gasteiger partial charge in [-0.05, 0) is 18.6 Å². The number of carbonyl (C=O) groups excluding carboxylic acids is 2. The van der Waals surface area contributed by atoms with E-state index < -0.39 is 0 Å². The normalized spacial score (nSPS) is 35.3. The Kier molecular flexibility index (Phi) is 2.04. The van der Waals surface area contributed by atoms with Crippen LogP contribution in [0, 0.1) is 18.8 Å². The number of aryl methyl sites for hydroxylation is 1. The maximum Gasteiger partial charge on any atom is 0.240 e. The van der Waals surface area contributed by atoms with E-state index >= 15 is 0 Å². The number of hydrogen-bond acceptors (Lipinski definition) is 3. The Morgan fingerprint density at radius 2 is 1.58 bits per heavy atom. The van der Waals surface area contributed by atoms with Crippen LogP contribution < -0.4 is 4.90 Å². The van der Waals surface area contributed by atoms with Gasteiger partial charge in [0.05, 0.1) is 29.7 Å². The number of fused-ring (bicyclic) bond motifs is 5. The van der Waals surface area contributed by atoms with Crippen molar-refractivity contribution in [2.24, 2.45) is 11.8 Å². The highest BCUT2D eigenvalue weighted by Crippen LogP contribution is 2.46. The fourth-order valence-electron chi connectivity index (χ4n) is 3.36. The minimum absolute atomic E-state index is 0.124. The van der Waals surface area contributed by atoms with Gasteiger partial charge in [-0.1, -0.05) is 30.4 Å². The molecule has 0 spiro atoms. The van der Waals surface area contributed by atoms with Crippen molar-refractivity contribution in [1.29, 1.82) is 0 Å². The molecule has 4 rings (SSSR count). The highest BCUT2D eigenvalue weighted by molar-refractivity contribution is 6.23. The highest BCUT2D eigenvalue weighted by Gasteiger charge is 2.61. The zero-order chi connectivity index (χ0) is 13.1. The monoisotopic (exact) mass is 255 g/mol. The van der Waals surface area contributed by atoms with Crippen LogP contribution in [0.4, 0.5) is 5.69 Å². The molecule has 96 valence electrons. The molecule has 1 aromatic carbocycles. The Morgan fingerprint density at radius 3 is 2.16 bits per heavy atom. The van der Waals surface area contributed by atoms with E-state index in [2.05, 4.69) is 0 Å². The van der Waals surface area contributed by atoms with Crippen LogP contribution in [0.3, 0.4) is 0 Å². The molecular formula is C15H13NO3. The molecule has 3 aliphatic rings. The number of benzene rings is 1. The van der Waals surface area contributed by atoms with Crippen molar-refractivity contribution in [2.75, 3.05) is 4.90 Å². The van der Waals surface area contributed by atoms with E-state index in [4.69, 9.17) is 4.74 Å². The molecular weight excluding hydrogens is 242 g/mol. The smallest absolute Gasteiger partial charge is 0.240 e. The maximum atomic E-state index is 12.5. The minimum atomic E-state index is -0.331. The molecule has 0 aromatic heterocycles. The summed E-state index contributed by atoms with van der Waals surface area (Å²) in [7, 11) is 0. The first-order valence-corrected chi connectivity index (χ1v) is 6.46. The zero-order valence-corrected chi connectivity index (χ0v) is 10.4. The van der Waals surface area contributed by atoms with Gasteiger partial charge >= 0.3 is 0 Å². The lowest BCUT2D eigenvalue weighted by atomic mass is 9.85. The van der Waals surface area contributed by atoms with Crippen LogP contribution in [-0.2, 0) is 14.3 Å². The number of carbonyl (C=O) groups is 2. The van der Waals surface area contributed by atoms with Crippen molar-refractivity contribution < 1.29 is 14.3 Å². The molecule has 3 heterocycles. The fraction of sp³-hybridized carbons (Fsp3) is 0.333. The largest absolute Gasteiger partial charge is 0.365 e. The van der Waals surface area contributed by atoms with Crippen LogP contribution >= 0.6 is 0 Å². The van der Waals surface area contributed by atoms with Crippen LogP contribution in [0.1, 0.15) is 5.56 Å². The second-order valence-corrected chi connectivity index (χ2v) is 5.30. The van der Waals surface area contributed by atoms with Crippen molar-refractivity contribution in [3.8, 4) is 0 Å².